The number of fused-ring (bicyclic) bond motifs is 2. The van der Waals surface area contributed by atoms with Gasteiger partial charge < -0.3 is 25.0 Å². The molecule has 1 atom stereocenters. The highest BCUT2D eigenvalue weighted by Crippen LogP contribution is 2.35. The van der Waals surface area contributed by atoms with Gasteiger partial charge in [0.25, 0.3) is 5.91 Å². The van der Waals surface area contributed by atoms with E-state index in [2.05, 4.69) is 22.2 Å². The summed E-state index contributed by atoms with van der Waals surface area (Å²) in [6.07, 6.45) is 0.869. The number of aromatic nitrogens is 1. The molecule has 3 aliphatic rings. The van der Waals surface area contributed by atoms with Crippen molar-refractivity contribution in [1.29, 1.82) is 0 Å². The van der Waals surface area contributed by atoms with Crippen molar-refractivity contribution in [1.82, 2.24) is 10.3 Å². The zero-order chi connectivity index (χ0) is 23.8. The maximum Gasteiger partial charge on any atom is 0.263 e. The number of benzene rings is 1. The van der Waals surface area contributed by atoms with Gasteiger partial charge in [0.05, 0.1) is 18.7 Å². The van der Waals surface area contributed by atoms with Crippen molar-refractivity contribution in [2.75, 3.05) is 41.4 Å². The number of hydrogen-bond acceptors (Lipinski definition) is 7. The second-order valence-corrected chi connectivity index (χ2v) is 8.41. The van der Waals surface area contributed by atoms with E-state index in [1.165, 1.54) is 6.07 Å². The van der Waals surface area contributed by atoms with Crippen LogP contribution in [0.5, 0.6) is 5.75 Å². The molecule has 9 nitrogen and oxygen atoms in total. The highest BCUT2D eigenvalue weighted by Gasteiger charge is 2.31. The summed E-state index contributed by atoms with van der Waals surface area (Å²) in [5.41, 5.74) is 2.09. The molecule has 2 N–H and O–H groups in total. The molecule has 4 heterocycles. The van der Waals surface area contributed by atoms with Gasteiger partial charge in [0.2, 0.25) is 5.91 Å². The topological polar surface area (TPSA) is 96.0 Å². The summed E-state index contributed by atoms with van der Waals surface area (Å²) in [7, 11) is 0. The van der Waals surface area contributed by atoms with Gasteiger partial charge in [0, 0.05) is 18.7 Å². The van der Waals surface area contributed by atoms with E-state index in [0.29, 0.717) is 73.5 Å². The van der Waals surface area contributed by atoms with Crippen molar-refractivity contribution in [2.45, 2.75) is 32.4 Å². The Hall–Kier alpha value is -3.66. The number of pyridine rings is 1. The Morgan fingerprint density at radius 2 is 2.15 bits per heavy atom. The van der Waals surface area contributed by atoms with E-state index in [1.54, 1.807) is 23.1 Å². The highest BCUT2D eigenvalue weighted by molar-refractivity contribution is 6.02. The van der Waals surface area contributed by atoms with Crippen LogP contribution in [0.1, 0.15) is 24.5 Å². The van der Waals surface area contributed by atoms with Crippen LogP contribution in [0, 0.1) is 5.82 Å². The molecule has 178 valence electrons. The average molecular weight is 468 g/mol. The van der Waals surface area contributed by atoms with Crippen LogP contribution < -0.4 is 25.2 Å². The maximum absolute atomic E-state index is 14.6. The highest BCUT2D eigenvalue weighted by atomic mass is 19.1. The number of amides is 2. The molecule has 0 saturated carbocycles. The predicted molar refractivity (Wildman–Crippen MR) is 124 cm³/mol. The first-order valence-corrected chi connectivity index (χ1v) is 11.3. The fourth-order valence-electron chi connectivity index (χ4n) is 4.58. The number of nitrogens with one attached hydrogen (secondary N) is 2. The Bertz CT molecular complexity index is 1170. The van der Waals surface area contributed by atoms with E-state index in [9.17, 15) is 14.0 Å². The van der Waals surface area contributed by atoms with Crippen LogP contribution in [0.25, 0.3) is 0 Å². The van der Waals surface area contributed by atoms with Gasteiger partial charge in [-0.3, -0.25) is 14.5 Å². The van der Waals surface area contributed by atoms with Crippen molar-refractivity contribution >= 4 is 29.1 Å². The maximum atomic E-state index is 14.6. The summed E-state index contributed by atoms with van der Waals surface area (Å²) in [6, 6.07) is 6.69. The number of hydrogen-bond donors (Lipinski definition) is 2. The summed E-state index contributed by atoms with van der Waals surface area (Å²) in [5, 5.41) is 5.99. The number of likely N-dealkylation sites (N-methyl/N-ethyl adjacent to an activating group) is 1. The van der Waals surface area contributed by atoms with Crippen molar-refractivity contribution in [3.8, 4) is 5.75 Å². The van der Waals surface area contributed by atoms with Crippen LogP contribution >= 0.6 is 0 Å². The third-order valence-electron chi connectivity index (χ3n) is 6.21. The molecule has 2 aromatic rings. The lowest BCUT2D eigenvalue weighted by Crippen LogP contribution is -2.29. The lowest BCUT2D eigenvalue weighted by Gasteiger charge is -2.20. The minimum absolute atomic E-state index is 0.00391. The number of nitrogens with zero attached hydrogens (tertiary/aromatic N) is 3. The largest absolute Gasteiger partial charge is 0.480 e. The quantitative estimate of drug-likeness (QED) is 0.604. The molecule has 1 unspecified atom stereocenters. The zero-order valence-corrected chi connectivity index (χ0v) is 18.9. The van der Waals surface area contributed by atoms with E-state index >= 15 is 0 Å². The first-order chi connectivity index (χ1) is 16.4. The summed E-state index contributed by atoms with van der Waals surface area (Å²) in [5.74, 6) is 1.43. The van der Waals surface area contributed by atoms with Crippen LogP contribution in [-0.2, 0) is 27.3 Å². The van der Waals surface area contributed by atoms with Crippen LogP contribution in [-0.4, -0.2) is 49.1 Å². The Morgan fingerprint density at radius 3 is 2.97 bits per heavy atom. The van der Waals surface area contributed by atoms with Gasteiger partial charge in [-0.1, -0.05) is 6.07 Å². The molecule has 0 bridgehead atoms. The minimum Gasteiger partial charge on any atom is -0.480 e. The molecule has 1 saturated heterocycles. The number of rotatable bonds is 7. The standard InChI is InChI=1S/C24H26FN5O4/c1-3-29-22(32)10-15-4-5-18(25)17(23(15)29)11-26-9-8-16-12-30(14(2)34-16)20-7-6-19-24(27-20)28-21(31)13-33-19/h4-7,16,26H,2-3,8-13H2,1H3,(H,27,28,31). The van der Waals surface area contributed by atoms with Gasteiger partial charge in [0.15, 0.2) is 24.1 Å². The van der Waals surface area contributed by atoms with Crippen molar-refractivity contribution in [2.24, 2.45) is 0 Å². The van der Waals surface area contributed by atoms with Gasteiger partial charge in [-0.2, -0.15) is 0 Å². The van der Waals surface area contributed by atoms with Crippen molar-refractivity contribution < 1.29 is 23.5 Å². The number of carbonyl (C=O) groups is 2. The molecular formula is C24H26FN5O4. The van der Waals surface area contributed by atoms with Gasteiger partial charge in [-0.25, -0.2) is 9.37 Å². The Balaban J connectivity index is 1.18. The smallest absolute Gasteiger partial charge is 0.263 e. The van der Waals surface area contributed by atoms with Crippen LogP contribution in [0.15, 0.2) is 36.7 Å². The Morgan fingerprint density at radius 1 is 1.29 bits per heavy atom. The molecule has 3 aliphatic heterocycles. The summed E-state index contributed by atoms with van der Waals surface area (Å²) < 4.78 is 25.8. The zero-order valence-electron chi connectivity index (χ0n) is 18.9. The fourth-order valence-corrected chi connectivity index (χ4v) is 4.58. The molecule has 2 amide bonds. The second kappa shape index (κ2) is 8.94. The van der Waals surface area contributed by atoms with E-state index in [1.807, 2.05) is 11.8 Å². The summed E-state index contributed by atoms with van der Waals surface area (Å²) >= 11 is 0. The molecule has 0 aliphatic carbocycles. The third-order valence-corrected chi connectivity index (χ3v) is 6.21. The van der Waals surface area contributed by atoms with E-state index in [-0.39, 0.29) is 30.3 Å². The Kier molecular flexibility index (Phi) is 5.82. The van der Waals surface area contributed by atoms with Crippen molar-refractivity contribution in [3.63, 3.8) is 0 Å². The molecule has 10 heteroatoms. The molecule has 1 aromatic carbocycles. The molecule has 1 aromatic heterocycles. The first kappa shape index (κ1) is 22.1. The van der Waals surface area contributed by atoms with E-state index in [0.717, 1.165) is 5.56 Å². The van der Waals surface area contributed by atoms with Gasteiger partial charge >= 0.3 is 0 Å². The lowest BCUT2D eigenvalue weighted by atomic mass is 10.1. The SMILES string of the molecule is C=C1OC(CCNCc2c(F)ccc3c2N(CC)C(=O)C3)CN1c1ccc2c(n1)NC(=O)CO2. The summed E-state index contributed by atoms with van der Waals surface area (Å²) in [4.78, 5) is 31.8. The number of carbonyl (C=O) groups excluding carboxylic acids is 2. The van der Waals surface area contributed by atoms with Gasteiger partial charge in [0.1, 0.15) is 17.7 Å². The number of halogens is 1. The van der Waals surface area contributed by atoms with Crippen LogP contribution in [0.2, 0.25) is 0 Å². The number of anilines is 3. The van der Waals surface area contributed by atoms with Crippen LogP contribution in [0.4, 0.5) is 21.7 Å². The van der Waals surface area contributed by atoms with Crippen molar-refractivity contribution in [3.05, 3.63) is 53.7 Å². The third kappa shape index (κ3) is 4.05. The molecule has 5 rings (SSSR count). The van der Waals surface area contributed by atoms with E-state index in [4.69, 9.17) is 9.47 Å². The lowest BCUT2D eigenvalue weighted by molar-refractivity contribution is -0.119. The molecular weight excluding hydrogens is 441 g/mol. The Labute approximate surface area is 196 Å². The summed E-state index contributed by atoms with van der Waals surface area (Å²) in [6.45, 7) is 7.83. The molecule has 0 spiro atoms. The van der Waals surface area contributed by atoms with E-state index < -0.39 is 0 Å². The molecule has 1 fully saturated rings. The first-order valence-electron chi connectivity index (χ1n) is 11.3. The monoisotopic (exact) mass is 467 g/mol. The fraction of sp³-hybridized carbons (Fsp3) is 0.375. The average Bonchev–Trinajstić information content (AvgIpc) is 3.35. The molecule has 0 radical (unpaired) electrons. The normalized spacial score (nSPS) is 19.0. The second-order valence-electron chi connectivity index (χ2n) is 8.41. The molecule has 34 heavy (non-hydrogen) atoms. The van der Waals surface area contributed by atoms with Crippen LogP contribution in [0.3, 0.4) is 0 Å². The predicted octanol–water partition coefficient (Wildman–Crippen LogP) is 2.32. The number of ether oxygens (including phenoxy) is 2. The van der Waals surface area contributed by atoms with Gasteiger partial charge in [-0.05, 0) is 50.2 Å². The van der Waals surface area contributed by atoms with Gasteiger partial charge in [-0.15, -0.1) is 0 Å². The minimum atomic E-state index is -0.314.